The van der Waals surface area contributed by atoms with Crippen LogP contribution in [0.5, 0.6) is 0 Å². The first-order valence-corrected chi connectivity index (χ1v) is 6.64. The molecule has 0 bridgehead atoms. The zero-order valence-corrected chi connectivity index (χ0v) is 10.9. The first-order valence-electron chi connectivity index (χ1n) is 6.64. The van der Waals surface area contributed by atoms with Crippen LogP contribution in [-0.2, 0) is 4.74 Å². The lowest BCUT2D eigenvalue weighted by molar-refractivity contribution is 0.0987. The van der Waals surface area contributed by atoms with Crippen LogP contribution in [0.1, 0.15) is 41.1 Å². The molecule has 1 saturated carbocycles. The number of Topliss-reactive ketones (excluding diaryl/α,β-unsaturated/α-hetero) is 1. The SMILES string of the molecule is COCCNCC(=O)c1ccc(C2CCC2)cc1. The lowest BCUT2D eigenvalue weighted by Crippen LogP contribution is -2.26. The van der Waals surface area contributed by atoms with Crippen molar-refractivity contribution in [3.8, 4) is 0 Å². The van der Waals surface area contributed by atoms with E-state index in [0.29, 0.717) is 19.7 Å². The normalized spacial score (nSPS) is 15.4. The van der Waals surface area contributed by atoms with Gasteiger partial charge in [-0.1, -0.05) is 30.7 Å². The quantitative estimate of drug-likeness (QED) is 0.594. The summed E-state index contributed by atoms with van der Waals surface area (Å²) in [5.41, 5.74) is 2.17. The van der Waals surface area contributed by atoms with Gasteiger partial charge in [0.15, 0.2) is 5.78 Å². The van der Waals surface area contributed by atoms with E-state index >= 15 is 0 Å². The highest BCUT2D eigenvalue weighted by molar-refractivity contribution is 5.97. The van der Waals surface area contributed by atoms with Crippen molar-refractivity contribution in [3.63, 3.8) is 0 Å². The summed E-state index contributed by atoms with van der Waals surface area (Å²) in [6.07, 6.45) is 3.94. The van der Waals surface area contributed by atoms with Gasteiger partial charge in [-0.15, -0.1) is 0 Å². The molecule has 1 fully saturated rings. The van der Waals surface area contributed by atoms with Crippen molar-refractivity contribution in [1.82, 2.24) is 5.32 Å². The third-order valence-corrected chi connectivity index (χ3v) is 3.58. The van der Waals surface area contributed by atoms with Gasteiger partial charge >= 0.3 is 0 Å². The molecule has 0 atom stereocenters. The standard InChI is InChI=1S/C15H21NO2/c1-18-10-9-16-11-15(17)14-7-5-13(6-8-14)12-3-2-4-12/h5-8,12,16H,2-4,9-11H2,1H3. The Labute approximate surface area is 109 Å². The van der Waals surface area contributed by atoms with Crippen LogP contribution in [-0.4, -0.2) is 32.6 Å². The number of nitrogens with one attached hydrogen (secondary N) is 1. The predicted molar refractivity (Wildman–Crippen MR) is 72.1 cm³/mol. The van der Waals surface area contributed by atoms with Crippen molar-refractivity contribution in [2.24, 2.45) is 0 Å². The minimum Gasteiger partial charge on any atom is -0.383 e. The summed E-state index contributed by atoms with van der Waals surface area (Å²) in [4.78, 5) is 11.9. The van der Waals surface area contributed by atoms with Gasteiger partial charge in [0.25, 0.3) is 0 Å². The van der Waals surface area contributed by atoms with Gasteiger partial charge in [-0.05, 0) is 24.3 Å². The first-order chi connectivity index (χ1) is 8.81. The minimum atomic E-state index is 0.145. The number of carbonyl (C=O) groups excluding carboxylic acids is 1. The summed E-state index contributed by atoms with van der Waals surface area (Å²) in [5.74, 6) is 0.875. The summed E-state index contributed by atoms with van der Waals surface area (Å²) in [7, 11) is 1.66. The fourth-order valence-corrected chi connectivity index (χ4v) is 2.16. The van der Waals surface area contributed by atoms with E-state index in [-0.39, 0.29) is 5.78 Å². The Morgan fingerprint density at radius 1 is 1.33 bits per heavy atom. The van der Waals surface area contributed by atoms with E-state index in [2.05, 4.69) is 17.4 Å². The number of carbonyl (C=O) groups is 1. The molecule has 18 heavy (non-hydrogen) atoms. The molecular formula is C15H21NO2. The second-order valence-corrected chi connectivity index (χ2v) is 4.84. The molecule has 0 spiro atoms. The Morgan fingerprint density at radius 3 is 2.61 bits per heavy atom. The monoisotopic (exact) mass is 247 g/mol. The van der Waals surface area contributed by atoms with Crippen molar-refractivity contribution in [3.05, 3.63) is 35.4 Å². The van der Waals surface area contributed by atoms with Crippen molar-refractivity contribution >= 4 is 5.78 Å². The number of ether oxygens (including phenoxy) is 1. The highest BCUT2D eigenvalue weighted by Gasteiger charge is 2.19. The average molecular weight is 247 g/mol. The van der Waals surface area contributed by atoms with E-state index in [4.69, 9.17) is 4.74 Å². The number of ketones is 1. The molecule has 1 N–H and O–H groups in total. The van der Waals surface area contributed by atoms with E-state index in [9.17, 15) is 4.79 Å². The number of hydrogen-bond acceptors (Lipinski definition) is 3. The molecule has 0 heterocycles. The molecule has 0 saturated heterocycles. The van der Waals surface area contributed by atoms with Gasteiger partial charge in [0.1, 0.15) is 0 Å². The molecule has 0 aromatic heterocycles. The smallest absolute Gasteiger partial charge is 0.176 e. The molecule has 0 radical (unpaired) electrons. The summed E-state index contributed by atoms with van der Waals surface area (Å²) in [5, 5.41) is 3.07. The Kier molecular flexibility index (Phi) is 4.90. The topological polar surface area (TPSA) is 38.3 Å². The Morgan fingerprint density at radius 2 is 2.06 bits per heavy atom. The predicted octanol–water partition coefficient (Wildman–Crippen LogP) is 2.37. The molecule has 1 aromatic rings. The zero-order chi connectivity index (χ0) is 12.8. The molecule has 0 unspecified atom stereocenters. The van der Waals surface area contributed by atoms with Gasteiger partial charge in [-0.2, -0.15) is 0 Å². The number of rotatable bonds is 7. The third-order valence-electron chi connectivity index (χ3n) is 3.58. The van der Waals surface area contributed by atoms with Crippen LogP contribution in [0.15, 0.2) is 24.3 Å². The number of hydrogen-bond donors (Lipinski definition) is 1. The van der Waals surface area contributed by atoms with Gasteiger partial charge in [0.05, 0.1) is 13.2 Å². The van der Waals surface area contributed by atoms with Gasteiger partial charge in [-0.25, -0.2) is 0 Å². The van der Waals surface area contributed by atoms with Crippen LogP contribution in [0.3, 0.4) is 0 Å². The lowest BCUT2D eigenvalue weighted by Gasteiger charge is -2.25. The van der Waals surface area contributed by atoms with E-state index in [1.165, 1.54) is 24.8 Å². The Balaban J connectivity index is 1.82. The summed E-state index contributed by atoms with van der Waals surface area (Å²) >= 11 is 0. The van der Waals surface area contributed by atoms with Gasteiger partial charge in [0, 0.05) is 19.2 Å². The van der Waals surface area contributed by atoms with Crippen molar-refractivity contribution < 1.29 is 9.53 Å². The molecular weight excluding hydrogens is 226 g/mol. The Bertz CT molecular complexity index is 382. The fourth-order valence-electron chi connectivity index (χ4n) is 2.16. The summed E-state index contributed by atoms with van der Waals surface area (Å²) in [6, 6.07) is 8.11. The zero-order valence-electron chi connectivity index (χ0n) is 10.9. The summed E-state index contributed by atoms with van der Waals surface area (Å²) in [6.45, 7) is 1.72. The van der Waals surface area contributed by atoms with Crippen LogP contribution in [0.4, 0.5) is 0 Å². The van der Waals surface area contributed by atoms with Crippen molar-refractivity contribution in [2.75, 3.05) is 26.8 Å². The van der Waals surface area contributed by atoms with E-state index in [0.717, 1.165) is 11.5 Å². The highest BCUT2D eigenvalue weighted by Crippen LogP contribution is 2.36. The molecule has 3 heteroatoms. The molecule has 1 aliphatic rings. The van der Waals surface area contributed by atoms with E-state index in [1.54, 1.807) is 7.11 Å². The molecule has 2 rings (SSSR count). The second kappa shape index (κ2) is 6.66. The molecule has 98 valence electrons. The van der Waals surface area contributed by atoms with E-state index in [1.807, 2.05) is 12.1 Å². The molecule has 1 aromatic carbocycles. The molecule has 0 aliphatic heterocycles. The average Bonchev–Trinajstić information content (AvgIpc) is 2.33. The van der Waals surface area contributed by atoms with Gasteiger partial charge in [0.2, 0.25) is 0 Å². The number of benzene rings is 1. The van der Waals surface area contributed by atoms with Crippen LogP contribution in [0.2, 0.25) is 0 Å². The van der Waals surface area contributed by atoms with Crippen molar-refractivity contribution in [1.29, 1.82) is 0 Å². The maximum atomic E-state index is 11.9. The largest absolute Gasteiger partial charge is 0.383 e. The molecule has 0 amide bonds. The van der Waals surface area contributed by atoms with Gasteiger partial charge in [-0.3, -0.25) is 4.79 Å². The van der Waals surface area contributed by atoms with Gasteiger partial charge < -0.3 is 10.1 Å². The lowest BCUT2D eigenvalue weighted by atomic mass is 9.80. The fraction of sp³-hybridized carbons (Fsp3) is 0.533. The Hall–Kier alpha value is -1.19. The molecule has 1 aliphatic carbocycles. The van der Waals surface area contributed by atoms with Crippen molar-refractivity contribution in [2.45, 2.75) is 25.2 Å². The highest BCUT2D eigenvalue weighted by atomic mass is 16.5. The summed E-state index contributed by atoms with van der Waals surface area (Å²) < 4.78 is 4.92. The van der Waals surface area contributed by atoms with Crippen LogP contribution in [0.25, 0.3) is 0 Å². The van der Waals surface area contributed by atoms with E-state index < -0.39 is 0 Å². The second-order valence-electron chi connectivity index (χ2n) is 4.84. The number of methoxy groups -OCH3 is 1. The van der Waals surface area contributed by atoms with Crippen LogP contribution in [0, 0.1) is 0 Å². The minimum absolute atomic E-state index is 0.145. The van der Waals surface area contributed by atoms with Crippen LogP contribution < -0.4 is 5.32 Å². The maximum Gasteiger partial charge on any atom is 0.176 e. The third kappa shape index (κ3) is 3.40. The molecule has 3 nitrogen and oxygen atoms in total. The van der Waals surface area contributed by atoms with Crippen LogP contribution >= 0.6 is 0 Å². The first kappa shape index (κ1) is 13.2. The maximum absolute atomic E-state index is 11.9.